The molecule has 0 saturated heterocycles. The zero-order valence-electron chi connectivity index (χ0n) is 13.7. The Bertz CT molecular complexity index is 814. The number of ether oxygens (including phenoxy) is 1. The smallest absolute Gasteiger partial charge is 0.258 e. The zero-order valence-corrected chi connectivity index (χ0v) is 13.7. The number of hydrogen-bond donors (Lipinski definition) is 1. The number of rotatable bonds is 6. The molecule has 0 saturated carbocycles. The number of benzene rings is 1. The fourth-order valence-corrected chi connectivity index (χ4v) is 2.48. The van der Waals surface area contributed by atoms with Crippen LogP contribution < -0.4 is 10.1 Å². The van der Waals surface area contributed by atoms with E-state index in [2.05, 4.69) is 15.5 Å². The van der Waals surface area contributed by atoms with Crippen molar-refractivity contribution < 1.29 is 9.53 Å². The Balaban J connectivity index is 1.71. The predicted molar refractivity (Wildman–Crippen MR) is 90.6 cm³/mol. The van der Waals surface area contributed by atoms with Crippen LogP contribution in [0.15, 0.2) is 54.7 Å². The van der Waals surface area contributed by atoms with Crippen LogP contribution in [-0.2, 0) is 4.79 Å². The van der Waals surface area contributed by atoms with E-state index in [-0.39, 0.29) is 24.5 Å². The summed E-state index contributed by atoms with van der Waals surface area (Å²) in [5.74, 6) is 1.36. The molecule has 1 atom stereocenters. The summed E-state index contributed by atoms with van der Waals surface area (Å²) in [6.07, 6.45) is 1.90. The van der Waals surface area contributed by atoms with E-state index in [9.17, 15) is 4.79 Å². The van der Waals surface area contributed by atoms with E-state index in [4.69, 9.17) is 4.74 Å². The molecule has 0 bridgehead atoms. The molecular weight excluding hydrogens is 304 g/mol. The number of nitrogens with one attached hydrogen (secondary N) is 1. The molecule has 0 aliphatic carbocycles. The lowest BCUT2D eigenvalue weighted by molar-refractivity contribution is -0.124. The number of carbonyl (C=O) groups excluding carboxylic acids is 1. The second-order valence-corrected chi connectivity index (χ2v) is 5.88. The Kier molecular flexibility index (Phi) is 4.74. The van der Waals surface area contributed by atoms with Crippen molar-refractivity contribution in [3.05, 3.63) is 60.6 Å². The number of carbonyl (C=O) groups is 1. The van der Waals surface area contributed by atoms with Gasteiger partial charge in [-0.3, -0.25) is 9.20 Å². The first kappa shape index (κ1) is 16.0. The van der Waals surface area contributed by atoms with Crippen molar-refractivity contribution in [1.82, 2.24) is 19.9 Å². The van der Waals surface area contributed by atoms with Gasteiger partial charge in [-0.15, -0.1) is 10.2 Å². The molecule has 2 aromatic heterocycles. The van der Waals surface area contributed by atoms with Gasteiger partial charge in [-0.25, -0.2) is 0 Å². The Morgan fingerprint density at radius 3 is 2.62 bits per heavy atom. The molecule has 124 valence electrons. The Morgan fingerprint density at radius 1 is 1.12 bits per heavy atom. The number of aromatic nitrogens is 3. The third-order valence-electron chi connectivity index (χ3n) is 3.71. The van der Waals surface area contributed by atoms with Crippen LogP contribution in [0.4, 0.5) is 0 Å². The standard InChI is InChI=1S/C18H20N4O2/c1-13(2)17(18-21-20-15-10-6-7-11-22(15)18)19-16(23)12-24-14-8-4-3-5-9-14/h3-11,13,17H,12H2,1-2H3,(H,19,23)/t17-/m0/s1. The van der Waals surface area contributed by atoms with Crippen molar-refractivity contribution >= 4 is 11.6 Å². The number of nitrogens with zero attached hydrogens (tertiary/aromatic N) is 3. The van der Waals surface area contributed by atoms with Gasteiger partial charge in [-0.1, -0.05) is 38.1 Å². The monoisotopic (exact) mass is 324 g/mol. The highest BCUT2D eigenvalue weighted by Gasteiger charge is 2.23. The van der Waals surface area contributed by atoms with Gasteiger partial charge in [-0.2, -0.15) is 0 Å². The van der Waals surface area contributed by atoms with Crippen LogP contribution in [0, 0.1) is 5.92 Å². The average Bonchev–Trinajstić information content (AvgIpc) is 3.02. The Hall–Kier alpha value is -2.89. The summed E-state index contributed by atoms with van der Waals surface area (Å²) >= 11 is 0. The minimum Gasteiger partial charge on any atom is -0.484 e. The minimum atomic E-state index is -0.241. The first-order valence-corrected chi connectivity index (χ1v) is 7.92. The summed E-state index contributed by atoms with van der Waals surface area (Å²) in [5, 5.41) is 11.4. The van der Waals surface area contributed by atoms with Crippen LogP contribution in [0.2, 0.25) is 0 Å². The van der Waals surface area contributed by atoms with Crippen molar-refractivity contribution in [1.29, 1.82) is 0 Å². The maximum absolute atomic E-state index is 12.3. The number of amides is 1. The lowest BCUT2D eigenvalue weighted by Gasteiger charge is -2.21. The topological polar surface area (TPSA) is 68.5 Å². The van der Waals surface area contributed by atoms with E-state index in [1.54, 1.807) is 0 Å². The Morgan fingerprint density at radius 2 is 1.88 bits per heavy atom. The summed E-state index contributed by atoms with van der Waals surface area (Å²) in [6, 6.07) is 14.7. The maximum Gasteiger partial charge on any atom is 0.258 e. The highest BCUT2D eigenvalue weighted by molar-refractivity contribution is 5.78. The number of fused-ring (bicyclic) bond motifs is 1. The SMILES string of the molecule is CC(C)[C@H](NC(=O)COc1ccccc1)c1nnc2ccccn12. The van der Waals surface area contributed by atoms with E-state index in [0.717, 1.165) is 5.65 Å². The lowest BCUT2D eigenvalue weighted by Crippen LogP contribution is -2.36. The van der Waals surface area contributed by atoms with Crippen molar-refractivity contribution in [2.45, 2.75) is 19.9 Å². The molecule has 0 fully saturated rings. The molecule has 3 aromatic rings. The van der Waals surface area contributed by atoms with Crippen molar-refractivity contribution in [2.24, 2.45) is 5.92 Å². The van der Waals surface area contributed by atoms with Gasteiger partial charge in [0.1, 0.15) is 5.75 Å². The quantitative estimate of drug-likeness (QED) is 0.757. The summed E-state index contributed by atoms with van der Waals surface area (Å²) in [6.45, 7) is 4.03. The van der Waals surface area contributed by atoms with Crippen LogP contribution in [0.5, 0.6) is 5.75 Å². The van der Waals surface area contributed by atoms with Crippen LogP contribution in [-0.4, -0.2) is 27.1 Å². The van der Waals surface area contributed by atoms with E-state index in [0.29, 0.717) is 11.6 Å². The normalized spacial score (nSPS) is 12.3. The number of para-hydroxylation sites is 1. The van der Waals surface area contributed by atoms with Crippen LogP contribution in [0.1, 0.15) is 25.7 Å². The molecular formula is C18H20N4O2. The van der Waals surface area contributed by atoms with Crippen molar-refractivity contribution in [3.63, 3.8) is 0 Å². The maximum atomic E-state index is 12.3. The summed E-state index contributed by atoms with van der Waals surface area (Å²) in [5.41, 5.74) is 0.757. The van der Waals surface area contributed by atoms with Gasteiger partial charge in [0.05, 0.1) is 6.04 Å². The summed E-state index contributed by atoms with van der Waals surface area (Å²) in [7, 11) is 0. The van der Waals surface area contributed by atoms with E-state index >= 15 is 0 Å². The van der Waals surface area contributed by atoms with Crippen molar-refractivity contribution in [3.8, 4) is 5.75 Å². The van der Waals surface area contributed by atoms with Gasteiger partial charge in [-0.05, 0) is 30.2 Å². The fraction of sp³-hybridized carbons (Fsp3) is 0.278. The second-order valence-electron chi connectivity index (χ2n) is 5.88. The van der Waals surface area contributed by atoms with Crippen molar-refractivity contribution in [2.75, 3.05) is 6.61 Å². The van der Waals surface area contributed by atoms with Gasteiger partial charge in [0.15, 0.2) is 18.1 Å². The molecule has 0 aliphatic rings. The molecule has 0 spiro atoms. The van der Waals surface area contributed by atoms with Crippen LogP contribution in [0.3, 0.4) is 0 Å². The first-order chi connectivity index (χ1) is 11.6. The van der Waals surface area contributed by atoms with Gasteiger partial charge < -0.3 is 10.1 Å². The molecule has 0 aliphatic heterocycles. The van der Waals surface area contributed by atoms with E-state index in [1.165, 1.54) is 0 Å². The second kappa shape index (κ2) is 7.12. The molecule has 6 nitrogen and oxygen atoms in total. The van der Waals surface area contributed by atoms with E-state index < -0.39 is 0 Å². The molecule has 1 amide bonds. The first-order valence-electron chi connectivity index (χ1n) is 7.92. The van der Waals surface area contributed by atoms with Gasteiger partial charge in [0.2, 0.25) is 0 Å². The molecule has 2 heterocycles. The third-order valence-corrected chi connectivity index (χ3v) is 3.71. The molecule has 1 N–H and O–H groups in total. The van der Waals surface area contributed by atoms with Gasteiger partial charge in [0.25, 0.3) is 5.91 Å². The molecule has 1 aromatic carbocycles. The highest BCUT2D eigenvalue weighted by atomic mass is 16.5. The highest BCUT2D eigenvalue weighted by Crippen LogP contribution is 2.20. The van der Waals surface area contributed by atoms with Crippen LogP contribution >= 0.6 is 0 Å². The summed E-state index contributed by atoms with van der Waals surface area (Å²) < 4.78 is 7.39. The minimum absolute atomic E-state index is 0.0377. The zero-order chi connectivity index (χ0) is 16.9. The van der Waals surface area contributed by atoms with Gasteiger partial charge in [0, 0.05) is 6.20 Å². The van der Waals surface area contributed by atoms with Gasteiger partial charge >= 0.3 is 0 Å². The van der Waals surface area contributed by atoms with E-state index in [1.807, 2.05) is 73.0 Å². The molecule has 0 unspecified atom stereocenters. The largest absolute Gasteiger partial charge is 0.484 e. The summed E-state index contributed by atoms with van der Waals surface area (Å²) in [4.78, 5) is 12.3. The predicted octanol–water partition coefficient (Wildman–Crippen LogP) is 2.62. The number of hydrogen-bond acceptors (Lipinski definition) is 4. The molecule has 3 rings (SSSR count). The molecule has 24 heavy (non-hydrogen) atoms. The lowest BCUT2D eigenvalue weighted by atomic mass is 10.0. The third kappa shape index (κ3) is 3.53. The number of pyridine rings is 1. The fourth-order valence-electron chi connectivity index (χ4n) is 2.48. The Labute approximate surface area is 140 Å². The molecule has 6 heteroatoms. The average molecular weight is 324 g/mol. The molecule has 0 radical (unpaired) electrons. The van der Waals surface area contributed by atoms with Crippen LogP contribution in [0.25, 0.3) is 5.65 Å².